The molecule has 44 heavy (non-hydrogen) atoms. The summed E-state index contributed by atoms with van der Waals surface area (Å²) in [6.07, 6.45) is 0.656. The molecule has 1 atom stereocenters. The molecule has 2 fully saturated rings. The van der Waals surface area contributed by atoms with E-state index in [1.807, 2.05) is 36.4 Å². The molecule has 1 N–H and O–H groups in total. The van der Waals surface area contributed by atoms with Crippen molar-refractivity contribution in [2.75, 3.05) is 59.7 Å². The Balaban J connectivity index is 1.34. The van der Waals surface area contributed by atoms with Crippen molar-refractivity contribution < 1.29 is 38.4 Å². The highest BCUT2D eigenvalue weighted by Gasteiger charge is 2.46. The number of aliphatic hydroxyl groups is 1. The molecule has 0 aliphatic carbocycles. The predicted molar refractivity (Wildman–Crippen MR) is 162 cm³/mol. The third kappa shape index (κ3) is 6.22. The van der Waals surface area contributed by atoms with Gasteiger partial charge in [-0.05, 0) is 47.9 Å². The fourth-order valence-electron chi connectivity index (χ4n) is 5.80. The van der Waals surface area contributed by atoms with Crippen LogP contribution < -0.4 is 18.9 Å². The highest BCUT2D eigenvalue weighted by atomic mass is 16.6. The molecule has 3 heterocycles. The second-order valence-corrected chi connectivity index (χ2v) is 10.8. The molecular weight excluding hydrogens is 564 g/mol. The lowest BCUT2D eigenvalue weighted by atomic mass is 9.94. The van der Waals surface area contributed by atoms with Gasteiger partial charge in [-0.15, -0.1) is 0 Å². The summed E-state index contributed by atoms with van der Waals surface area (Å²) >= 11 is 0. The second kappa shape index (κ2) is 13.4. The van der Waals surface area contributed by atoms with Crippen molar-refractivity contribution in [3.8, 4) is 23.0 Å². The molecule has 3 aliphatic rings. The average Bonchev–Trinajstić information content (AvgIpc) is 3.32. The van der Waals surface area contributed by atoms with E-state index in [0.29, 0.717) is 80.1 Å². The number of benzene rings is 3. The number of rotatable bonds is 10. The van der Waals surface area contributed by atoms with Crippen molar-refractivity contribution in [1.29, 1.82) is 0 Å². The van der Waals surface area contributed by atoms with Gasteiger partial charge in [0.05, 0.1) is 31.9 Å². The molecule has 0 spiro atoms. The maximum absolute atomic E-state index is 13.6. The van der Waals surface area contributed by atoms with Gasteiger partial charge in [-0.25, -0.2) is 0 Å². The van der Waals surface area contributed by atoms with Gasteiger partial charge in [0.25, 0.3) is 11.7 Å². The van der Waals surface area contributed by atoms with Gasteiger partial charge in [-0.2, -0.15) is 0 Å². The number of carbonyl (C=O) groups excluding carboxylic acids is 2. The Morgan fingerprint density at radius 2 is 1.66 bits per heavy atom. The number of hydrogen-bond acceptors (Lipinski definition) is 9. The number of carbonyl (C=O) groups is 2. The molecule has 0 saturated carbocycles. The third-order valence-corrected chi connectivity index (χ3v) is 8.07. The maximum Gasteiger partial charge on any atom is 0.295 e. The molecule has 6 rings (SSSR count). The van der Waals surface area contributed by atoms with Crippen LogP contribution in [0.4, 0.5) is 0 Å². The lowest BCUT2D eigenvalue weighted by molar-refractivity contribution is -0.140. The fraction of sp³-hybridized carbons (Fsp3) is 0.353. The van der Waals surface area contributed by atoms with Crippen molar-refractivity contribution in [1.82, 2.24) is 9.80 Å². The summed E-state index contributed by atoms with van der Waals surface area (Å²) in [6, 6.07) is 19.3. The molecule has 3 aliphatic heterocycles. The topological polar surface area (TPSA) is 107 Å². The van der Waals surface area contributed by atoms with Gasteiger partial charge in [-0.1, -0.05) is 36.4 Å². The maximum atomic E-state index is 13.6. The molecular formula is C34H36N2O8. The van der Waals surface area contributed by atoms with Gasteiger partial charge >= 0.3 is 0 Å². The first kappa shape index (κ1) is 29.5. The molecule has 2 saturated heterocycles. The predicted octanol–water partition coefficient (Wildman–Crippen LogP) is 4.19. The van der Waals surface area contributed by atoms with Crippen LogP contribution in [0.25, 0.3) is 5.76 Å². The van der Waals surface area contributed by atoms with E-state index in [0.717, 1.165) is 25.2 Å². The van der Waals surface area contributed by atoms with Gasteiger partial charge in [0, 0.05) is 31.7 Å². The van der Waals surface area contributed by atoms with Crippen molar-refractivity contribution >= 4 is 17.4 Å². The first-order chi connectivity index (χ1) is 21.5. The van der Waals surface area contributed by atoms with Crippen LogP contribution >= 0.6 is 0 Å². The van der Waals surface area contributed by atoms with Crippen LogP contribution in [0.15, 0.2) is 72.3 Å². The summed E-state index contributed by atoms with van der Waals surface area (Å²) < 4.78 is 28.5. The molecule has 0 radical (unpaired) electrons. The average molecular weight is 601 g/mol. The van der Waals surface area contributed by atoms with E-state index in [1.54, 1.807) is 42.3 Å². The van der Waals surface area contributed by atoms with E-state index < -0.39 is 17.7 Å². The number of nitrogens with zero attached hydrogens (tertiary/aromatic N) is 2. The van der Waals surface area contributed by atoms with Gasteiger partial charge in [0.15, 0.2) is 23.0 Å². The Kier molecular flexibility index (Phi) is 8.99. The van der Waals surface area contributed by atoms with E-state index in [2.05, 4.69) is 4.90 Å². The summed E-state index contributed by atoms with van der Waals surface area (Å²) in [6.45, 7) is 5.26. The molecule has 230 valence electrons. The lowest BCUT2D eigenvalue weighted by Gasteiger charge is -2.29. The van der Waals surface area contributed by atoms with Gasteiger partial charge in [0.2, 0.25) is 0 Å². The minimum atomic E-state index is -0.829. The smallest absolute Gasteiger partial charge is 0.295 e. The molecule has 1 unspecified atom stereocenters. The zero-order chi connectivity index (χ0) is 30.5. The number of aliphatic hydroxyl groups excluding tert-OH is 1. The monoisotopic (exact) mass is 600 g/mol. The first-order valence-corrected chi connectivity index (χ1v) is 14.9. The Hall–Kier alpha value is -4.54. The van der Waals surface area contributed by atoms with Crippen LogP contribution in [0.5, 0.6) is 23.0 Å². The number of ketones is 1. The molecule has 0 aromatic heterocycles. The summed E-state index contributed by atoms with van der Waals surface area (Å²) in [7, 11) is 1.54. The molecule has 0 bridgehead atoms. The van der Waals surface area contributed by atoms with E-state index in [1.165, 1.54) is 0 Å². The summed E-state index contributed by atoms with van der Waals surface area (Å²) in [5.74, 6) is 0.343. The minimum absolute atomic E-state index is 0.0121. The fourth-order valence-corrected chi connectivity index (χ4v) is 5.80. The van der Waals surface area contributed by atoms with Gasteiger partial charge in [0.1, 0.15) is 25.6 Å². The van der Waals surface area contributed by atoms with Crippen LogP contribution in [0.1, 0.15) is 29.2 Å². The minimum Gasteiger partial charge on any atom is -0.507 e. The van der Waals surface area contributed by atoms with Crippen LogP contribution in [0.2, 0.25) is 0 Å². The Bertz CT molecular complexity index is 1530. The first-order valence-electron chi connectivity index (χ1n) is 14.9. The summed E-state index contributed by atoms with van der Waals surface area (Å²) in [5.41, 5.74) is 2.00. The second-order valence-electron chi connectivity index (χ2n) is 10.8. The molecule has 3 aromatic carbocycles. The van der Waals surface area contributed by atoms with Crippen LogP contribution in [0, 0.1) is 0 Å². The molecule has 1 amide bonds. The van der Waals surface area contributed by atoms with Crippen LogP contribution in [-0.2, 0) is 20.9 Å². The van der Waals surface area contributed by atoms with E-state index in [-0.39, 0.29) is 11.3 Å². The molecule has 10 nitrogen and oxygen atoms in total. The number of likely N-dealkylation sites (tertiary alicyclic amines) is 1. The number of methoxy groups -OCH3 is 1. The highest BCUT2D eigenvalue weighted by molar-refractivity contribution is 6.46. The van der Waals surface area contributed by atoms with Crippen molar-refractivity contribution in [2.24, 2.45) is 0 Å². The molecule has 10 heteroatoms. The number of fused-ring (bicyclic) bond motifs is 1. The van der Waals surface area contributed by atoms with E-state index >= 15 is 0 Å². The quantitative estimate of drug-likeness (QED) is 0.208. The zero-order valence-corrected chi connectivity index (χ0v) is 24.7. The summed E-state index contributed by atoms with van der Waals surface area (Å²) in [4.78, 5) is 31.0. The van der Waals surface area contributed by atoms with Crippen molar-refractivity contribution in [3.05, 3.63) is 89.0 Å². The van der Waals surface area contributed by atoms with Crippen molar-refractivity contribution in [2.45, 2.75) is 19.1 Å². The van der Waals surface area contributed by atoms with Crippen molar-refractivity contribution in [3.63, 3.8) is 0 Å². The number of ether oxygens (including phenoxy) is 5. The van der Waals surface area contributed by atoms with Gasteiger partial charge < -0.3 is 33.7 Å². The Morgan fingerprint density at radius 1 is 0.886 bits per heavy atom. The normalized spacial score (nSPS) is 19.7. The largest absolute Gasteiger partial charge is 0.507 e. The number of Topliss-reactive ketones (excluding diaryl/α,β-unsaturated/α-hetero) is 1. The number of amides is 1. The van der Waals surface area contributed by atoms with E-state index in [4.69, 9.17) is 23.7 Å². The standard InChI is InChI=1S/C34H36N2O8/c1-40-28-20-24(8-10-26(28)44-22-23-6-3-2-4-7-23)31-30(32(37)25-9-11-27-29(21-25)43-19-18-42-27)33(38)34(39)36(31)13-5-12-35-14-16-41-17-15-35/h2-4,6-11,20-21,31,37H,5,12-19,22H2,1H3/b32-30+. The Morgan fingerprint density at radius 3 is 2.43 bits per heavy atom. The highest BCUT2D eigenvalue weighted by Crippen LogP contribution is 2.43. The summed E-state index contributed by atoms with van der Waals surface area (Å²) in [5, 5.41) is 11.6. The number of hydrogen-bond donors (Lipinski definition) is 1. The lowest BCUT2D eigenvalue weighted by Crippen LogP contribution is -2.39. The Labute approximate surface area is 256 Å². The number of morpholine rings is 1. The SMILES string of the molecule is COc1cc(C2/C(=C(\O)c3ccc4c(c3)OCCO4)C(=O)C(=O)N2CCCN2CCOCC2)ccc1OCc1ccccc1. The van der Waals surface area contributed by atoms with E-state index in [9.17, 15) is 14.7 Å². The van der Waals surface area contributed by atoms with Gasteiger partial charge in [-0.3, -0.25) is 14.5 Å². The van der Waals surface area contributed by atoms with Crippen LogP contribution in [0.3, 0.4) is 0 Å². The van der Waals surface area contributed by atoms with Crippen LogP contribution in [-0.4, -0.2) is 86.3 Å². The third-order valence-electron chi connectivity index (χ3n) is 8.07. The zero-order valence-electron chi connectivity index (χ0n) is 24.7. The molecule has 3 aromatic rings.